The van der Waals surface area contributed by atoms with Crippen LogP contribution in [0, 0.1) is 0 Å². The molecule has 1 unspecified atom stereocenters. The molecule has 13 heavy (non-hydrogen) atoms. The highest BCUT2D eigenvalue weighted by Crippen LogP contribution is 2.22. The molecule has 0 saturated heterocycles. The number of aliphatic hydroxyl groups excluding tert-OH is 1. The third-order valence-corrected chi connectivity index (χ3v) is 1.54. The summed E-state index contributed by atoms with van der Waals surface area (Å²) in [6, 6.07) is 0. The lowest BCUT2D eigenvalue weighted by molar-refractivity contribution is -0.272. The van der Waals surface area contributed by atoms with Gasteiger partial charge in [0, 0.05) is 20.1 Å². The first-order valence-electron chi connectivity index (χ1n) is 3.70. The standard InChI is InChI=1S/C7H13F3O3/c1-6(12-2,3-4-11)13-5-7(8,9)10/h11H,3-5H2,1-2H3. The molecule has 0 aromatic rings. The summed E-state index contributed by atoms with van der Waals surface area (Å²) in [6.45, 7) is -0.325. The van der Waals surface area contributed by atoms with Gasteiger partial charge in [0.1, 0.15) is 6.61 Å². The first kappa shape index (κ1) is 12.7. The van der Waals surface area contributed by atoms with Crippen molar-refractivity contribution in [3.8, 4) is 0 Å². The molecule has 0 bridgehead atoms. The topological polar surface area (TPSA) is 38.7 Å². The maximum Gasteiger partial charge on any atom is 0.411 e. The number of halogens is 3. The van der Waals surface area contributed by atoms with Crippen LogP contribution in [0.15, 0.2) is 0 Å². The second-order valence-electron chi connectivity index (χ2n) is 2.72. The van der Waals surface area contributed by atoms with E-state index in [1.54, 1.807) is 0 Å². The van der Waals surface area contributed by atoms with Gasteiger partial charge >= 0.3 is 6.18 Å². The minimum absolute atomic E-state index is 0.000417. The number of alkyl halides is 3. The zero-order valence-corrected chi connectivity index (χ0v) is 7.52. The fraction of sp³-hybridized carbons (Fsp3) is 1.00. The van der Waals surface area contributed by atoms with Crippen molar-refractivity contribution >= 4 is 0 Å². The molecule has 0 saturated carbocycles. The van der Waals surface area contributed by atoms with E-state index in [1.165, 1.54) is 14.0 Å². The van der Waals surface area contributed by atoms with Gasteiger partial charge in [-0.1, -0.05) is 0 Å². The number of aliphatic hydroxyl groups is 1. The lowest BCUT2D eigenvalue weighted by atomic mass is 10.2. The van der Waals surface area contributed by atoms with Gasteiger partial charge in [-0.3, -0.25) is 0 Å². The largest absolute Gasteiger partial charge is 0.411 e. The van der Waals surface area contributed by atoms with Crippen LogP contribution in [0.1, 0.15) is 13.3 Å². The van der Waals surface area contributed by atoms with Gasteiger partial charge in [-0.25, -0.2) is 0 Å². The summed E-state index contributed by atoms with van der Waals surface area (Å²) in [5.41, 5.74) is 0. The highest BCUT2D eigenvalue weighted by Gasteiger charge is 2.33. The van der Waals surface area contributed by atoms with Crippen molar-refractivity contribution in [3.63, 3.8) is 0 Å². The van der Waals surface area contributed by atoms with Crippen LogP contribution in [0.5, 0.6) is 0 Å². The summed E-state index contributed by atoms with van der Waals surface area (Å²) in [5, 5.41) is 8.52. The molecule has 0 aliphatic carbocycles. The SMILES string of the molecule is COC(C)(CCO)OCC(F)(F)F. The summed E-state index contributed by atoms with van der Waals surface area (Å²) in [6.07, 6.45) is -4.38. The van der Waals surface area contributed by atoms with E-state index in [-0.39, 0.29) is 13.0 Å². The molecule has 1 atom stereocenters. The summed E-state index contributed by atoms with van der Waals surface area (Å²) in [4.78, 5) is 0. The predicted molar refractivity (Wildman–Crippen MR) is 39.1 cm³/mol. The van der Waals surface area contributed by atoms with Crippen molar-refractivity contribution in [1.29, 1.82) is 0 Å². The molecule has 0 heterocycles. The fourth-order valence-corrected chi connectivity index (χ4v) is 0.671. The maximum atomic E-state index is 11.7. The van der Waals surface area contributed by atoms with E-state index in [9.17, 15) is 13.2 Å². The number of rotatable bonds is 5. The minimum atomic E-state index is -4.38. The highest BCUT2D eigenvalue weighted by atomic mass is 19.4. The Balaban J connectivity index is 3.97. The molecule has 0 aliphatic heterocycles. The molecule has 6 heteroatoms. The molecule has 0 aromatic carbocycles. The van der Waals surface area contributed by atoms with E-state index >= 15 is 0 Å². The van der Waals surface area contributed by atoms with E-state index in [2.05, 4.69) is 4.74 Å². The van der Waals surface area contributed by atoms with Gasteiger partial charge in [0.25, 0.3) is 0 Å². The summed E-state index contributed by atoms with van der Waals surface area (Å²) in [7, 11) is 1.23. The second-order valence-corrected chi connectivity index (χ2v) is 2.72. The molecule has 0 rings (SSSR count). The second kappa shape index (κ2) is 4.78. The van der Waals surface area contributed by atoms with Crippen LogP contribution in [0.2, 0.25) is 0 Å². The third kappa shape index (κ3) is 5.84. The summed E-state index contributed by atoms with van der Waals surface area (Å²) in [5.74, 6) is -1.37. The molecule has 0 aromatic heterocycles. The van der Waals surface area contributed by atoms with E-state index in [0.717, 1.165) is 0 Å². The van der Waals surface area contributed by atoms with E-state index in [0.29, 0.717) is 0 Å². The molecule has 0 amide bonds. The molecule has 0 spiro atoms. The van der Waals surface area contributed by atoms with Gasteiger partial charge in [-0.05, 0) is 6.92 Å². The van der Waals surface area contributed by atoms with Gasteiger partial charge in [-0.2, -0.15) is 13.2 Å². The summed E-state index contributed by atoms with van der Waals surface area (Å²) < 4.78 is 44.3. The quantitative estimate of drug-likeness (QED) is 0.683. The van der Waals surface area contributed by atoms with Crippen molar-refractivity contribution in [3.05, 3.63) is 0 Å². The average Bonchev–Trinajstić information content (AvgIpc) is 2.01. The van der Waals surface area contributed by atoms with Gasteiger partial charge in [0.15, 0.2) is 5.79 Å². The van der Waals surface area contributed by atoms with Crippen molar-refractivity contribution in [2.45, 2.75) is 25.3 Å². The Morgan fingerprint density at radius 2 is 1.85 bits per heavy atom. The number of hydrogen-bond acceptors (Lipinski definition) is 3. The molecule has 3 nitrogen and oxygen atoms in total. The smallest absolute Gasteiger partial charge is 0.396 e. The Bertz CT molecular complexity index is 148. The van der Waals surface area contributed by atoms with E-state index in [1.807, 2.05) is 0 Å². The molecular formula is C7H13F3O3. The zero-order valence-electron chi connectivity index (χ0n) is 7.52. The Morgan fingerprint density at radius 3 is 2.15 bits per heavy atom. The predicted octanol–water partition coefficient (Wildman–Crippen LogP) is 1.31. The van der Waals surface area contributed by atoms with Crippen LogP contribution < -0.4 is 0 Å². The average molecular weight is 202 g/mol. The maximum absolute atomic E-state index is 11.7. The first-order valence-corrected chi connectivity index (χ1v) is 3.70. The Morgan fingerprint density at radius 1 is 1.31 bits per heavy atom. The molecule has 80 valence electrons. The van der Waals surface area contributed by atoms with Crippen molar-refractivity contribution in [2.75, 3.05) is 20.3 Å². The fourth-order valence-electron chi connectivity index (χ4n) is 0.671. The van der Waals surface area contributed by atoms with Gasteiger partial charge in [-0.15, -0.1) is 0 Å². The Kier molecular flexibility index (Phi) is 4.66. The Hall–Kier alpha value is -0.330. The molecular weight excluding hydrogens is 189 g/mol. The first-order chi connectivity index (χ1) is 5.83. The number of ether oxygens (including phenoxy) is 2. The number of hydrogen-bond donors (Lipinski definition) is 1. The lowest BCUT2D eigenvalue weighted by Gasteiger charge is -2.27. The van der Waals surface area contributed by atoms with E-state index < -0.39 is 18.6 Å². The molecule has 1 N–H and O–H groups in total. The van der Waals surface area contributed by atoms with Gasteiger partial charge < -0.3 is 14.6 Å². The van der Waals surface area contributed by atoms with Crippen LogP contribution in [0.4, 0.5) is 13.2 Å². The van der Waals surface area contributed by atoms with E-state index in [4.69, 9.17) is 9.84 Å². The molecule has 0 radical (unpaired) electrons. The van der Waals surface area contributed by atoms with Gasteiger partial charge in [0.2, 0.25) is 0 Å². The zero-order chi connectivity index (χ0) is 10.5. The highest BCUT2D eigenvalue weighted by molar-refractivity contribution is 4.63. The molecule has 0 aliphatic rings. The number of methoxy groups -OCH3 is 1. The van der Waals surface area contributed by atoms with Crippen molar-refractivity contribution in [2.24, 2.45) is 0 Å². The normalized spacial score (nSPS) is 17.1. The van der Waals surface area contributed by atoms with Crippen molar-refractivity contribution in [1.82, 2.24) is 0 Å². The third-order valence-electron chi connectivity index (χ3n) is 1.54. The minimum Gasteiger partial charge on any atom is -0.396 e. The van der Waals surface area contributed by atoms with Crippen LogP contribution in [0.3, 0.4) is 0 Å². The van der Waals surface area contributed by atoms with Gasteiger partial charge in [0.05, 0.1) is 0 Å². The van der Waals surface area contributed by atoms with Crippen molar-refractivity contribution < 1.29 is 27.8 Å². The van der Waals surface area contributed by atoms with Crippen LogP contribution in [-0.2, 0) is 9.47 Å². The Labute approximate surface area is 74.4 Å². The summed E-state index contributed by atoms with van der Waals surface area (Å²) >= 11 is 0. The monoisotopic (exact) mass is 202 g/mol. The van der Waals surface area contributed by atoms with Crippen LogP contribution >= 0.6 is 0 Å². The lowest BCUT2D eigenvalue weighted by Crippen LogP contribution is -2.36. The van der Waals surface area contributed by atoms with Crippen LogP contribution in [-0.4, -0.2) is 37.4 Å². The molecule has 0 fully saturated rings. The van der Waals surface area contributed by atoms with Crippen LogP contribution in [0.25, 0.3) is 0 Å².